The number of hydrogen-bond donors (Lipinski definition) is 2. The average Bonchev–Trinajstić information content (AvgIpc) is 2.39. The minimum absolute atomic E-state index is 0. The molecule has 0 saturated heterocycles. The second kappa shape index (κ2) is 7.28. The van der Waals surface area contributed by atoms with Crippen molar-refractivity contribution in [2.75, 3.05) is 0 Å². The van der Waals surface area contributed by atoms with E-state index in [4.69, 9.17) is 5.73 Å². The summed E-state index contributed by atoms with van der Waals surface area (Å²) in [5.74, 6) is -1.78. The van der Waals surface area contributed by atoms with Gasteiger partial charge in [-0.15, -0.1) is 12.4 Å². The Labute approximate surface area is 131 Å². The third-order valence-electron chi connectivity index (χ3n) is 3.59. The van der Waals surface area contributed by atoms with Crippen molar-refractivity contribution in [3.05, 3.63) is 35.1 Å². The smallest absolute Gasteiger partial charge is 0.349 e. The Morgan fingerprint density at radius 2 is 1.73 bits per heavy atom. The molecule has 1 saturated carbocycles. The van der Waals surface area contributed by atoms with Crippen LogP contribution in [0.2, 0.25) is 0 Å². The molecule has 0 bridgehead atoms. The van der Waals surface area contributed by atoms with E-state index in [2.05, 4.69) is 5.32 Å². The first-order valence-electron chi connectivity index (χ1n) is 6.70. The van der Waals surface area contributed by atoms with E-state index in [9.17, 15) is 22.4 Å². The molecule has 1 aromatic carbocycles. The van der Waals surface area contributed by atoms with Gasteiger partial charge in [0.1, 0.15) is 5.82 Å². The van der Waals surface area contributed by atoms with Crippen molar-refractivity contribution in [3.63, 3.8) is 0 Å². The summed E-state index contributed by atoms with van der Waals surface area (Å²) in [5, 5.41) is 2.63. The number of carbonyl (C=O) groups is 1. The number of amides is 1. The van der Waals surface area contributed by atoms with Gasteiger partial charge in [-0.1, -0.05) is 0 Å². The lowest BCUT2D eigenvalue weighted by Gasteiger charge is -2.26. The first-order valence-corrected chi connectivity index (χ1v) is 6.70. The van der Waals surface area contributed by atoms with E-state index >= 15 is 0 Å². The molecule has 3 nitrogen and oxygen atoms in total. The van der Waals surface area contributed by atoms with E-state index in [-0.39, 0.29) is 30.1 Å². The Hall–Kier alpha value is -1.34. The first-order chi connectivity index (χ1) is 9.75. The molecule has 1 fully saturated rings. The predicted octanol–water partition coefficient (Wildman–Crippen LogP) is 3.27. The molecule has 3 N–H and O–H groups in total. The van der Waals surface area contributed by atoms with E-state index in [1.165, 1.54) is 0 Å². The second-order valence-corrected chi connectivity index (χ2v) is 5.31. The van der Waals surface area contributed by atoms with Gasteiger partial charge in [-0.05, 0) is 43.9 Å². The number of hydrogen-bond acceptors (Lipinski definition) is 2. The van der Waals surface area contributed by atoms with Crippen molar-refractivity contribution >= 4 is 18.3 Å². The number of benzene rings is 1. The second-order valence-electron chi connectivity index (χ2n) is 5.31. The molecule has 0 atom stereocenters. The normalized spacial score (nSPS) is 21.9. The molecule has 0 radical (unpaired) electrons. The van der Waals surface area contributed by atoms with Crippen LogP contribution in [0.25, 0.3) is 0 Å². The summed E-state index contributed by atoms with van der Waals surface area (Å²) in [5.41, 5.74) is 4.25. The van der Waals surface area contributed by atoms with Crippen LogP contribution in [0.1, 0.15) is 41.6 Å². The zero-order valence-electron chi connectivity index (χ0n) is 11.6. The summed E-state index contributed by atoms with van der Waals surface area (Å²) in [6, 6.07) is 1.81. The summed E-state index contributed by atoms with van der Waals surface area (Å²) < 4.78 is 51.1. The van der Waals surface area contributed by atoms with Crippen LogP contribution in [-0.4, -0.2) is 18.0 Å². The molecule has 1 aliphatic rings. The summed E-state index contributed by atoms with van der Waals surface area (Å²) in [7, 11) is 0. The van der Waals surface area contributed by atoms with Gasteiger partial charge in [-0.3, -0.25) is 4.79 Å². The first kappa shape index (κ1) is 18.7. The molecule has 2 rings (SSSR count). The monoisotopic (exact) mass is 340 g/mol. The van der Waals surface area contributed by atoms with Gasteiger partial charge < -0.3 is 11.1 Å². The fourth-order valence-corrected chi connectivity index (χ4v) is 2.42. The zero-order valence-corrected chi connectivity index (χ0v) is 12.4. The predicted molar refractivity (Wildman–Crippen MR) is 76.3 cm³/mol. The Balaban J connectivity index is 0.00000242. The van der Waals surface area contributed by atoms with Gasteiger partial charge >= 0.3 is 6.18 Å². The molecule has 0 aromatic heterocycles. The highest BCUT2D eigenvalue weighted by Gasteiger charge is 2.32. The van der Waals surface area contributed by atoms with Crippen LogP contribution in [0.15, 0.2) is 18.2 Å². The number of alkyl halides is 3. The summed E-state index contributed by atoms with van der Waals surface area (Å²) in [4.78, 5) is 11.9. The van der Waals surface area contributed by atoms with Crippen LogP contribution in [0.3, 0.4) is 0 Å². The Bertz CT molecular complexity index is 528. The van der Waals surface area contributed by atoms with Crippen molar-refractivity contribution in [1.82, 2.24) is 5.32 Å². The Morgan fingerprint density at radius 1 is 1.14 bits per heavy atom. The van der Waals surface area contributed by atoms with E-state index in [1.54, 1.807) is 0 Å². The van der Waals surface area contributed by atoms with Crippen molar-refractivity contribution in [2.24, 2.45) is 5.73 Å². The van der Waals surface area contributed by atoms with E-state index < -0.39 is 23.5 Å². The maximum atomic E-state index is 13.3. The van der Waals surface area contributed by atoms with E-state index in [0.29, 0.717) is 25.0 Å². The lowest BCUT2D eigenvalue weighted by Crippen LogP contribution is -2.40. The zero-order chi connectivity index (χ0) is 15.6. The third kappa shape index (κ3) is 4.84. The maximum Gasteiger partial charge on any atom is 0.416 e. The Kier molecular flexibility index (Phi) is 6.19. The van der Waals surface area contributed by atoms with E-state index in [1.807, 2.05) is 0 Å². The van der Waals surface area contributed by atoms with Gasteiger partial charge in [0.15, 0.2) is 0 Å². The molecular weight excluding hydrogens is 324 g/mol. The largest absolute Gasteiger partial charge is 0.416 e. The van der Waals surface area contributed by atoms with E-state index in [0.717, 1.165) is 18.9 Å². The number of rotatable bonds is 2. The Morgan fingerprint density at radius 3 is 2.27 bits per heavy atom. The number of nitrogens with one attached hydrogen (secondary N) is 1. The lowest BCUT2D eigenvalue weighted by atomic mass is 9.91. The highest BCUT2D eigenvalue weighted by molar-refractivity contribution is 5.94. The topological polar surface area (TPSA) is 55.1 Å². The molecular formula is C14H17ClF4N2O. The minimum atomic E-state index is -4.69. The summed E-state index contributed by atoms with van der Waals surface area (Å²) in [6.45, 7) is 0. The van der Waals surface area contributed by atoms with Crippen molar-refractivity contribution < 1.29 is 22.4 Å². The fourth-order valence-electron chi connectivity index (χ4n) is 2.42. The third-order valence-corrected chi connectivity index (χ3v) is 3.59. The van der Waals surface area contributed by atoms with Crippen LogP contribution in [0.5, 0.6) is 0 Å². The molecule has 1 aromatic rings. The quantitative estimate of drug-likeness (QED) is 0.812. The lowest BCUT2D eigenvalue weighted by molar-refractivity contribution is -0.137. The van der Waals surface area contributed by atoms with Crippen LogP contribution in [0.4, 0.5) is 17.6 Å². The average molecular weight is 341 g/mol. The van der Waals surface area contributed by atoms with Crippen molar-refractivity contribution in [2.45, 2.75) is 43.9 Å². The molecule has 0 aliphatic heterocycles. The molecule has 0 spiro atoms. The van der Waals surface area contributed by atoms with Crippen LogP contribution in [0, 0.1) is 5.82 Å². The molecule has 22 heavy (non-hydrogen) atoms. The van der Waals surface area contributed by atoms with Crippen LogP contribution in [-0.2, 0) is 6.18 Å². The van der Waals surface area contributed by atoms with Gasteiger partial charge in [0.05, 0.1) is 5.56 Å². The van der Waals surface area contributed by atoms with Gasteiger partial charge in [0.2, 0.25) is 0 Å². The molecule has 8 heteroatoms. The molecule has 124 valence electrons. The standard InChI is InChI=1S/C14H16F4N2O.ClH/c15-10-6-8(5-9(7-10)14(16,17)18)13(21)20-12-3-1-11(19)2-4-12;/h5-7,11-12H,1-4,19H2,(H,20,21);1H. The fraction of sp³-hybridized carbons (Fsp3) is 0.500. The van der Waals surface area contributed by atoms with Crippen LogP contribution < -0.4 is 11.1 Å². The summed E-state index contributed by atoms with van der Waals surface area (Å²) >= 11 is 0. The minimum Gasteiger partial charge on any atom is -0.349 e. The van der Waals surface area contributed by atoms with Gasteiger partial charge in [0, 0.05) is 17.6 Å². The van der Waals surface area contributed by atoms with Gasteiger partial charge in [-0.2, -0.15) is 13.2 Å². The van der Waals surface area contributed by atoms with Crippen molar-refractivity contribution in [1.29, 1.82) is 0 Å². The molecule has 1 amide bonds. The number of nitrogens with two attached hydrogens (primary N) is 1. The summed E-state index contributed by atoms with van der Waals surface area (Å²) in [6.07, 6.45) is -1.83. The van der Waals surface area contributed by atoms with Gasteiger partial charge in [0.25, 0.3) is 5.91 Å². The van der Waals surface area contributed by atoms with Crippen molar-refractivity contribution in [3.8, 4) is 0 Å². The van der Waals surface area contributed by atoms with Gasteiger partial charge in [-0.25, -0.2) is 4.39 Å². The highest BCUT2D eigenvalue weighted by Crippen LogP contribution is 2.30. The van der Waals surface area contributed by atoms with Crippen LogP contribution >= 0.6 is 12.4 Å². The molecule has 0 unspecified atom stereocenters. The highest BCUT2D eigenvalue weighted by atomic mass is 35.5. The SMILES string of the molecule is Cl.NC1CCC(NC(=O)c2cc(F)cc(C(F)(F)F)c2)CC1. The molecule has 1 aliphatic carbocycles. The number of halogens is 5. The number of carbonyl (C=O) groups excluding carboxylic acids is 1. The molecule has 0 heterocycles. The maximum absolute atomic E-state index is 13.3.